The van der Waals surface area contributed by atoms with Crippen molar-refractivity contribution in [3.8, 4) is 6.07 Å². The molecular weight excluding hydrogens is 358 g/mol. The highest BCUT2D eigenvalue weighted by Crippen LogP contribution is 2.42. The van der Waals surface area contributed by atoms with Crippen molar-refractivity contribution in [3.63, 3.8) is 0 Å². The van der Waals surface area contributed by atoms with Gasteiger partial charge in [-0.05, 0) is 37.5 Å². The van der Waals surface area contributed by atoms with Gasteiger partial charge in [0.25, 0.3) is 0 Å². The fourth-order valence-corrected chi connectivity index (χ4v) is 4.53. The highest BCUT2D eigenvalue weighted by molar-refractivity contribution is 5.89. The van der Waals surface area contributed by atoms with Crippen LogP contribution in [-0.2, 0) is 0 Å². The molecule has 4 rings (SSSR count). The smallest absolute Gasteiger partial charge is 0.163 e. The third kappa shape index (κ3) is 2.99. The first-order valence-corrected chi connectivity index (χ1v) is 9.83. The Bertz CT molecular complexity index is 959. The van der Waals surface area contributed by atoms with E-state index < -0.39 is 25.6 Å². The number of halogens is 2. The predicted octanol–water partition coefficient (Wildman–Crippen LogP) is 5.14. The number of aliphatic imine (C=N–C) groups is 1. The lowest BCUT2D eigenvalue weighted by Gasteiger charge is -2.35. The molecule has 0 bridgehead atoms. The van der Waals surface area contributed by atoms with Crippen LogP contribution in [0.15, 0.2) is 35.5 Å². The summed E-state index contributed by atoms with van der Waals surface area (Å²) >= 11 is 0. The van der Waals surface area contributed by atoms with E-state index in [-0.39, 0.29) is 6.04 Å². The molecule has 2 heterocycles. The van der Waals surface area contributed by atoms with Crippen molar-refractivity contribution >= 4 is 17.1 Å². The average Bonchev–Trinajstić information content (AvgIpc) is 3.34. The zero-order valence-electron chi connectivity index (χ0n) is 16.0. The molecule has 1 aromatic carbocycles. The first kappa shape index (κ1) is 18.7. The molecule has 1 saturated carbocycles. The first-order valence-electron chi connectivity index (χ1n) is 9.83. The molecule has 1 aromatic heterocycles. The van der Waals surface area contributed by atoms with Gasteiger partial charge in [-0.15, -0.1) is 0 Å². The molecule has 146 valence electrons. The van der Waals surface area contributed by atoms with Crippen molar-refractivity contribution in [2.24, 2.45) is 4.99 Å². The number of aromatic nitrogens is 1. The number of hydrogen-bond donors (Lipinski definition) is 0. The molecule has 0 saturated heterocycles. The highest BCUT2D eigenvalue weighted by atomic mass is 19.1. The van der Waals surface area contributed by atoms with E-state index in [9.17, 15) is 14.0 Å². The summed E-state index contributed by atoms with van der Waals surface area (Å²) in [5, 5.41) is 10.9. The largest absolute Gasteiger partial charge is 0.343 e. The monoisotopic (exact) mass is 382 g/mol. The van der Waals surface area contributed by atoms with Gasteiger partial charge in [-0.1, -0.05) is 25.0 Å². The van der Waals surface area contributed by atoms with Crippen LogP contribution < -0.4 is 0 Å². The third-order valence-corrected chi connectivity index (χ3v) is 5.88. The van der Waals surface area contributed by atoms with E-state index in [4.69, 9.17) is 0 Å². The molecule has 0 radical (unpaired) electrons. The van der Waals surface area contributed by atoms with Gasteiger partial charge in [0.2, 0.25) is 0 Å². The lowest BCUT2D eigenvalue weighted by molar-refractivity contribution is 0.142. The second-order valence-electron chi connectivity index (χ2n) is 7.62. The molecule has 6 heteroatoms. The molecule has 0 amide bonds. The van der Waals surface area contributed by atoms with Gasteiger partial charge in [0.05, 0.1) is 22.8 Å². The predicted molar refractivity (Wildman–Crippen MR) is 107 cm³/mol. The van der Waals surface area contributed by atoms with Crippen LogP contribution in [0, 0.1) is 18.3 Å². The molecule has 1 aliphatic heterocycles. The molecule has 1 fully saturated rings. The molecule has 0 N–H and O–H groups in total. The van der Waals surface area contributed by atoms with Gasteiger partial charge in [-0.3, -0.25) is 4.99 Å². The number of rotatable bonds is 5. The van der Waals surface area contributed by atoms with E-state index in [0.717, 1.165) is 47.8 Å². The van der Waals surface area contributed by atoms with E-state index in [0.29, 0.717) is 5.56 Å². The number of alkyl halides is 2. The maximum atomic E-state index is 13.5. The van der Waals surface area contributed by atoms with E-state index in [1.165, 1.54) is 0 Å². The number of benzene rings is 1. The van der Waals surface area contributed by atoms with Gasteiger partial charge < -0.3 is 9.47 Å². The fraction of sp³-hybridized carbons (Fsp3) is 0.455. The van der Waals surface area contributed by atoms with Crippen molar-refractivity contribution in [2.75, 3.05) is 13.3 Å². The Morgan fingerprint density at radius 2 is 2.00 bits per heavy atom. The quantitative estimate of drug-likeness (QED) is 0.718. The summed E-state index contributed by atoms with van der Waals surface area (Å²) < 4.78 is 29.3. The molecule has 1 atom stereocenters. The Kier molecular flexibility index (Phi) is 5.17. The van der Waals surface area contributed by atoms with Crippen molar-refractivity contribution in [3.05, 3.63) is 47.3 Å². The van der Waals surface area contributed by atoms with Gasteiger partial charge in [0.1, 0.15) is 19.4 Å². The van der Waals surface area contributed by atoms with Crippen LogP contribution >= 0.6 is 0 Å². The molecule has 2 aliphatic rings. The molecule has 28 heavy (non-hydrogen) atoms. The molecule has 2 aromatic rings. The summed E-state index contributed by atoms with van der Waals surface area (Å²) in [4.78, 5) is 6.18. The number of nitriles is 1. The summed E-state index contributed by atoms with van der Waals surface area (Å²) in [7, 11) is 0. The first-order chi connectivity index (χ1) is 13.7. The topological polar surface area (TPSA) is 44.3 Å². The summed E-state index contributed by atoms with van der Waals surface area (Å²) in [5.41, 5.74) is 3.44. The molecule has 1 aliphatic carbocycles. The van der Waals surface area contributed by atoms with Crippen molar-refractivity contribution < 1.29 is 8.78 Å². The van der Waals surface area contributed by atoms with Crippen LogP contribution in [0.2, 0.25) is 0 Å². The van der Waals surface area contributed by atoms with Crippen LogP contribution in [0.4, 0.5) is 8.78 Å². The molecule has 4 nitrogen and oxygen atoms in total. The van der Waals surface area contributed by atoms with Gasteiger partial charge in [0, 0.05) is 23.8 Å². The zero-order valence-corrected chi connectivity index (χ0v) is 16.0. The molecular formula is C22H24F2N4. The average molecular weight is 382 g/mol. The maximum Gasteiger partial charge on any atom is 0.163 e. The van der Waals surface area contributed by atoms with Crippen LogP contribution in [0.3, 0.4) is 0 Å². The number of nitrogens with zero attached hydrogens (tertiary/aromatic N) is 4. The van der Waals surface area contributed by atoms with Crippen LogP contribution in [0.1, 0.15) is 54.7 Å². The summed E-state index contributed by atoms with van der Waals surface area (Å²) in [6, 6.07) is 7.81. The zero-order chi connectivity index (χ0) is 19.7. The van der Waals surface area contributed by atoms with Gasteiger partial charge in [0.15, 0.2) is 6.17 Å². The summed E-state index contributed by atoms with van der Waals surface area (Å²) in [6.07, 6.45) is 8.79. The second kappa shape index (κ2) is 7.75. The van der Waals surface area contributed by atoms with Crippen LogP contribution in [-0.4, -0.2) is 35.1 Å². The van der Waals surface area contributed by atoms with Crippen LogP contribution in [0.25, 0.3) is 10.9 Å². The minimum atomic E-state index is -0.915. The Balaban J connectivity index is 1.97. The SMILES string of the molecule is Cc1ccc2c(C#N)c(C3N=CC=CN3C(CF)CF)n(C3CCCC3)c2c1. The van der Waals surface area contributed by atoms with Crippen molar-refractivity contribution in [2.45, 2.75) is 50.9 Å². The van der Waals surface area contributed by atoms with Crippen molar-refractivity contribution in [1.82, 2.24) is 9.47 Å². The lowest BCUT2D eigenvalue weighted by Crippen LogP contribution is -2.39. The third-order valence-electron chi connectivity index (χ3n) is 5.88. The standard InChI is InChI=1S/C22H24F2N4/c1-15-7-8-18-19(14-25)21(28(20(18)11-15)16-5-2-3-6-16)22-26-9-4-10-27(22)17(12-23)13-24/h4,7-11,16-17,22H,2-3,5-6,12-13H2,1H3. The fourth-order valence-electron chi connectivity index (χ4n) is 4.53. The van der Waals surface area contributed by atoms with Crippen molar-refractivity contribution in [1.29, 1.82) is 5.26 Å². The highest BCUT2D eigenvalue weighted by Gasteiger charge is 2.34. The number of allylic oxidation sites excluding steroid dienone is 1. The lowest BCUT2D eigenvalue weighted by atomic mass is 10.1. The number of fused-ring (bicyclic) bond motifs is 1. The van der Waals surface area contributed by atoms with E-state index in [1.54, 1.807) is 23.4 Å². The van der Waals surface area contributed by atoms with E-state index in [1.807, 2.05) is 19.1 Å². The van der Waals surface area contributed by atoms with E-state index in [2.05, 4.69) is 21.7 Å². The van der Waals surface area contributed by atoms with Crippen LogP contribution in [0.5, 0.6) is 0 Å². The van der Waals surface area contributed by atoms with E-state index >= 15 is 0 Å². The number of aryl methyl sites for hydroxylation is 1. The second-order valence-corrected chi connectivity index (χ2v) is 7.62. The Morgan fingerprint density at radius 1 is 1.25 bits per heavy atom. The Labute approximate surface area is 163 Å². The van der Waals surface area contributed by atoms with Gasteiger partial charge in [-0.25, -0.2) is 8.78 Å². The molecule has 1 unspecified atom stereocenters. The number of hydrogen-bond acceptors (Lipinski definition) is 3. The maximum absolute atomic E-state index is 13.5. The summed E-state index contributed by atoms with van der Waals surface area (Å²) in [6.45, 7) is 0.419. The molecule has 0 spiro atoms. The minimum Gasteiger partial charge on any atom is -0.343 e. The Morgan fingerprint density at radius 3 is 2.68 bits per heavy atom. The summed E-state index contributed by atoms with van der Waals surface area (Å²) in [5.74, 6) is 0. The minimum absolute atomic E-state index is 0.276. The van der Waals surface area contributed by atoms with Gasteiger partial charge in [-0.2, -0.15) is 5.26 Å². The Hall–Kier alpha value is -2.68. The van der Waals surface area contributed by atoms with Gasteiger partial charge >= 0.3 is 0 Å². The normalized spacial score (nSPS) is 19.8.